The topological polar surface area (TPSA) is 105 Å². The third kappa shape index (κ3) is 3.62. The molecule has 0 amide bonds. The molecule has 0 atom stereocenters. The lowest BCUT2D eigenvalue weighted by molar-refractivity contribution is 0.476. The Labute approximate surface area is 183 Å². The maximum absolute atomic E-state index is 13.8. The molecule has 4 heterocycles. The first-order chi connectivity index (χ1) is 15.5. The fraction of sp³-hybridized carbons (Fsp3) is 0.217. The SMILES string of the molecule is CC(C)n1cnc2c(NCCc3c[nH]c4cc(O)ccc34)nc(-c3cncc(F)c3)nc21. The predicted octanol–water partition coefficient (Wildman–Crippen LogP) is 4.45. The number of pyridine rings is 1. The molecule has 0 bridgehead atoms. The number of rotatable bonds is 6. The van der Waals surface area contributed by atoms with Crippen LogP contribution in [0.4, 0.5) is 10.2 Å². The summed E-state index contributed by atoms with van der Waals surface area (Å²) in [5.41, 5.74) is 3.86. The van der Waals surface area contributed by atoms with Crippen LogP contribution in [0, 0.1) is 5.82 Å². The molecule has 5 aromatic rings. The van der Waals surface area contributed by atoms with Crippen molar-refractivity contribution < 1.29 is 9.50 Å². The third-order valence-corrected chi connectivity index (χ3v) is 5.38. The van der Waals surface area contributed by atoms with Crippen LogP contribution in [-0.4, -0.2) is 41.1 Å². The van der Waals surface area contributed by atoms with Gasteiger partial charge in [0.15, 0.2) is 17.3 Å². The number of fused-ring (bicyclic) bond motifs is 2. The minimum Gasteiger partial charge on any atom is -0.508 e. The number of nitrogens with zero attached hydrogens (tertiary/aromatic N) is 5. The first-order valence-electron chi connectivity index (χ1n) is 10.4. The van der Waals surface area contributed by atoms with Gasteiger partial charge in [0, 0.05) is 47.5 Å². The summed E-state index contributed by atoms with van der Waals surface area (Å²) in [4.78, 5) is 20.9. The lowest BCUT2D eigenvalue weighted by Gasteiger charge is -2.11. The van der Waals surface area contributed by atoms with Crippen molar-refractivity contribution in [3.63, 3.8) is 0 Å². The van der Waals surface area contributed by atoms with Gasteiger partial charge in [-0.05, 0) is 44.0 Å². The van der Waals surface area contributed by atoms with Crippen LogP contribution >= 0.6 is 0 Å². The van der Waals surface area contributed by atoms with E-state index in [2.05, 4.69) is 44.1 Å². The van der Waals surface area contributed by atoms with Crippen molar-refractivity contribution >= 4 is 27.9 Å². The Morgan fingerprint density at radius 3 is 2.88 bits per heavy atom. The summed E-state index contributed by atoms with van der Waals surface area (Å²) in [6.07, 6.45) is 7.12. The number of hydrogen-bond acceptors (Lipinski definition) is 6. The molecule has 0 fully saturated rings. The minimum absolute atomic E-state index is 0.156. The molecule has 3 N–H and O–H groups in total. The lowest BCUT2D eigenvalue weighted by Crippen LogP contribution is -2.09. The van der Waals surface area contributed by atoms with Crippen LogP contribution < -0.4 is 5.32 Å². The Hall–Kier alpha value is -4.01. The molecular formula is C23H22FN7O. The van der Waals surface area contributed by atoms with Crippen LogP contribution in [-0.2, 0) is 6.42 Å². The monoisotopic (exact) mass is 431 g/mol. The van der Waals surface area contributed by atoms with E-state index in [1.54, 1.807) is 24.7 Å². The average Bonchev–Trinajstić information content (AvgIpc) is 3.37. The summed E-state index contributed by atoms with van der Waals surface area (Å²) in [7, 11) is 0. The van der Waals surface area contributed by atoms with Gasteiger partial charge in [-0.1, -0.05) is 0 Å². The summed E-state index contributed by atoms with van der Waals surface area (Å²) in [5.74, 6) is 0.763. The second-order valence-electron chi connectivity index (χ2n) is 7.93. The number of phenolic OH excluding ortho intramolecular Hbond substituents is 1. The Kier molecular flexibility index (Phi) is 4.93. The summed E-state index contributed by atoms with van der Waals surface area (Å²) >= 11 is 0. The molecule has 0 unspecified atom stereocenters. The highest BCUT2D eigenvalue weighted by molar-refractivity contribution is 5.86. The number of aromatic hydroxyl groups is 1. The van der Waals surface area contributed by atoms with Crippen LogP contribution in [0.2, 0.25) is 0 Å². The van der Waals surface area contributed by atoms with Crippen LogP contribution in [0.5, 0.6) is 5.75 Å². The molecule has 1 aromatic carbocycles. The van der Waals surface area contributed by atoms with Crippen LogP contribution in [0.15, 0.2) is 49.2 Å². The number of imidazole rings is 1. The van der Waals surface area contributed by atoms with Gasteiger partial charge in [0.1, 0.15) is 17.1 Å². The highest BCUT2D eigenvalue weighted by Gasteiger charge is 2.16. The Bertz CT molecular complexity index is 1420. The van der Waals surface area contributed by atoms with Gasteiger partial charge in [-0.2, -0.15) is 0 Å². The second kappa shape index (κ2) is 7.92. The number of benzene rings is 1. The van der Waals surface area contributed by atoms with E-state index in [0.717, 1.165) is 29.1 Å². The van der Waals surface area contributed by atoms with Gasteiger partial charge < -0.3 is 20.0 Å². The van der Waals surface area contributed by atoms with E-state index in [4.69, 9.17) is 0 Å². The standard InChI is InChI=1S/C23H22FN7O/c1-13(2)31-12-28-20-22(29-21(30-23(20)31)15-7-16(24)11-25-9-15)26-6-5-14-10-27-19-8-17(32)3-4-18(14)19/h3-4,7-13,27,32H,5-6H2,1-2H3,(H,26,29,30). The quantitative estimate of drug-likeness (QED) is 0.367. The van der Waals surface area contributed by atoms with Crippen molar-refractivity contribution in [2.45, 2.75) is 26.3 Å². The van der Waals surface area contributed by atoms with E-state index in [-0.39, 0.29) is 11.8 Å². The summed E-state index contributed by atoms with van der Waals surface area (Å²) in [6.45, 7) is 4.71. The van der Waals surface area contributed by atoms with Gasteiger partial charge in [-0.3, -0.25) is 4.98 Å². The molecule has 9 heteroatoms. The minimum atomic E-state index is -0.441. The smallest absolute Gasteiger partial charge is 0.166 e. The van der Waals surface area contributed by atoms with Crippen LogP contribution in [0.25, 0.3) is 33.5 Å². The van der Waals surface area contributed by atoms with Gasteiger partial charge >= 0.3 is 0 Å². The van der Waals surface area contributed by atoms with Gasteiger partial charge in [-0.25, -0.2) is 19.3 Å². The molecule has 0 saturated carbocycles. The third-order valence-electron chi connectivity index (χ3n) is 5.38. The molecule has 0 aliphatic carbocycles. The Morgan fingerprint density at radius 1 is 1.19 bits per heavy atom. The number of phenols is 1. The molecule has 5 rings (SSSR count). The largest absolute Gasteiger partial charge is 0.508 e. The maximum atomic E-state index is 13.8. The number of nitrogens with one attached hydrogen (secondary N) is 2. The molecular weight excluding hydrogens is 409 g/mol. The molecule has 4 aromatic heterocycles. The van der Waals surface area contributed by atoms with Crippen LogP contribution in [0.3, 0.4) is 0 Å². The van der Waals surface area contributed by atoms with Gasteiger partial charge in [0.2, 0.25) is 0 Å². The number of anilines is 1. The van der Waals surface area contributed by atoms with Gasteiger partial charge in [0.25, 0.3) is 0 Å². The molecule has 0 aliphatic heterocycles. The normalized spacial score (nSPS) is 11.6. The molecule has 0 saturated heterocycles. The first-order valence-corrected chi connectivity index (χ1v) is 10.4. The van der Waals surface area contributed by atoms with Crippen molar-refractivity contribution in [2.24, 2.45) is 0 Å². The first kappa shape index (κ1) is 19.9. The van der Waals surface area contributed by atoms with Crippen LogP contribution in [0.1, 0.15) is 25.5 Å². The van der Waals surface area contributed by atoms with Gasteiger partial charge in [-0.15, -0.1) is 0 Å². The molecule has 0 radical (unpaired) electrons. The van der Waals surface area contributed by atoms with E-state index in [0.29, 0.717) is 34.9 Å². The lowest BCUT2D eigenvalue weighted by atomic mass is 10.1. The molecule has 0 aliphatic rings. The zero-order valence-electron chi connectivity index (χ0n) is 17.7. The van der Waals surface area contributed by atoms with E-state index in [9.17, 15) is 9.50 Å². The molecule has 162 valence electrons. The maximum Gasteiger partial charge on any atom is 0.166 e. The molecule has 0 spiro atoms. The van der Waals surface area contributed by atoms with Crippen molar-refractivity contribution in [3.05, 3.63) is 60.6 Å². The Morgan fingerprint density at radius 2 is 2.06 bits per heavy atom. The molecule has 32 heavy (non-hydrogen) atoms. The number of hydrogen-bond donors (Lipinski definition) is 3. The van der Waals surface area contributed by atoms with E-state index in [1.165, 1.54) is 6.07 Å². The summed E-state index contributed by atoms with van der Waals surface area (Å²) in [6, 6.07) is 6.81. The zero-order valence-corrected chi connectivity index (χ0v) is 17.7. The number of aromatic nitrogens is 6. The average molecular weight is 431 g/mol. The number of halogens is 1. The van der Waals surface area contributed by atoms with E-state index in [1.807, 2.05) is 16.8 Å². The predicted molar refractivity (Wildman–Crippen MR) is 121 cm³/mol. The van der Waals surface area contributed by atoms with E-state index >= 15 is 0 Å². The highest BCUT2D eigenvalue weighted by atomic mass is 19.1. The fourth-order valence-corrected chi connectivity index (χ4v) is 3.78. The summed E-state index contributed by atoms with van der Waals surface area (Å²) < 4.78 is 15.7. The van der Waals surface area contributed by atoms with Crippen molar-refractivity contribution in [1.82, 2.24) is 29.5 Å². The van der Waals surface area contributed by atoms with E-state index < -0.39 is 5.82 Å². The zero-order chi connectivity index (χ0) is 22.2. The second-order valence-corrected chi connectivity index (χ2v) is 7.93. The van der Waals surface area contributed by atoms with Crippen molar-refractivity contribution in [1.29, 1.82) is 0 Å². The van der Waals surface area contributed by atoms with Crippen molar-refractivity contribution in [2.75, 3.05) is 11.9 Å². The summed E-state index contributed by atoms with van der Waals surface area (Å²) in [5, 5.41) is 14.1. The highest BCUT2D eigenvalue weighted by Crippen LogP contribution is 2.27. The number of H-pyrrole nitrogens is 1. The Balaban J connectivity index is 1.48. The molecule has 8 nitrogen and oxygen atoms in total. The number of aromatic amines is 1. The van der Waals surface area contributed by atoms with Gasteiger partial charge in [0.05, 0.1) is 12.5 Å². The van der Waals surface area contributed by atoms with Crippen molar-refractivity contribution in [3.8, 4) is 17.1 Å². The fourth-order valence-electron chi connectivity index (χ4n) is 3.78.